The van der Waals surface area contributed by atoms with E-state index in [0.717, 1.165) is 79.1 Å². The molecule has 4 heterocycles. The number of carbonyl (C=O) groups is 1. The van der Waals surface area contributed by atoms with E-state index in [-0.39, 0.29) is 23.6 Å². The number of hydrogen-bond acceptors (Lipinski definition) is 7. The van der Waals surface area contributed by atoms with E-state index in [2.05, 4.69) is 46.2 Å². The molecule has 0 saturated heterocycles. The van der Waals surface area contributed by atoms with Gasteiger partial charge in [-0.1, -0.05) is 6.07 Å². The molecule has 0 bridgehead atoms. The molecular weight excluding hydrogens is 567 g/mol. The van der Waals surface area contributed by atoms with Crippen molar-refractivity contribution in [2.75, 3.05) is 24.2 Å². The van der Waals surface area contributed by atoms with E-state index in [1.54, 1.807) is 6.07 Å². The number of thiophene rings is 1. The molecule has 3 aromatic rings. The van der Waals surface area contributed by atoms with Gasteiger partial charge in [-0.15, -0.1) is 23.1 Å². The van der Waals surface area contributed by atoms with Crippen LogP contribution in [0.5, 0.6) is 0 Å². The third-order valence-corrected chi connectivity index (χ3v) is 10.7. The molecule has 1 aromatic carbocycles. The lowest BCUT2D eigenvalue weighted by atomic mass is 9.93. The first kappa shape index (κ1) is 27.2. The van der Waals surface area contributed by atoms with Crippen LogP contribution in [0.15, 0.2) is 29.3 Å². The molecule has 11 heteroatoms. The topological polar surface area (TPSA) is 61.4 Å². The molecule has 2 aliphatic heterocycles. The second-order valence-corrected chi connectivity index (χ2v) is 13.9. The lowest BCUT2D eigenvalue weighted by molar-refractivity contribution is -0.137. The Kier molecular flexibility index (Phi) is 6.82. The fraction of sp³-hybridized carbons (Fsp3) is 0.500. The zero-order valence-corrected chi connectivity index (χ0v) is 24.7. The monoisotopic (exact) mass is 599 g/mol. The van der Waals surface area contributed by atoms with Gasteiger partial charge in [0.2, 0.25) is 5.95 Å². The van der Waals surface area contributed by atoms with Crippen molar-refractivity contribution in [3.8, 4) is 10.6 Å². The molecule has 0 spiro atoms. The molecule has 2 aromatic heterocycles. The highest BCUT2D eigenvalue weighted by Crippen LogP contribution is 2.47. The Hall–Kier alpha value is -2.63. The number of alkyl halides is 3. The van der Waals surface area contributed by atoms with E-state index in [0.29, 0.717) is 28.3 Å². The minimum Gasteiger partial charge on any atom is -0.334 e. The normalized spacial score (nSPS) is 19.8. The molecule has 0 radical (unpaired) electrons. The second kappa shape index (κ2) is 10.3. The van der Waals surface area contributed by atoms with Gasteiger partial charge >= 0.3 is 6.18 Å². The Balaban J connectivity index is 1.25. The molecular formula is C30H32F3N5OS2. The van der Waals surface area contributed by atoms with Gasteiger partial charge in [-0.25, -0.2) is 9.97 Å². The average Bonchev–Trinajstić information content (AvgIpc) is 3.87. The van der Waals surface area contributed by atoms with Crippen LogP contribution in [0.3, 0.4) is 0 Å². The van der Waals surface area contributed by atoms with Crippen LogP contribution in [-0.2, 0) is 19.1 Å². The first-order valence-electron chi connectivity index (χ1n) is 14.3. The number of amides is 1. The van der Waals surface area contributed by atoms with Crippen molar-refractivity contribution in [3.63, 3.8) is 0 Å². The summed E-state index contributed by atoms with van der Waals surface area (Å²) in [5, 5.41) is 3.30. The van der Waals surface area contributed by atoms with Crippen LogP contribution in [-0.4, -0.2) is 56.6 Å². The van der Waals surface area contributed by atoms with Gasteiger partial charge in [-0.2, -0.15) is 13.2 Å². The lowest BCUT2D eigenvalue weighted by Gasteiger charge is -2.32. The van der Waals surface area contributed by atoms with Crippen molar-refractivity contribution >= 4 is 40.6 Å². The number of fused-ring (bicyclic) bond motifs is 2. The highest BCUT2D eigenvalue weighted by molar-refractivity contribution is 7.99. The minimum absolute atomic E-state index is 0.0797. The van der Waals surface area contributed by atoms with E-state index in [1.807, 2.05) is 4.90 Å². The third-order valence-electron chi connectivity index (χ3n) is 8.47. The first-order chi connectivity index (χ1) is 19.7. The molecule has 216 valence electrons. The molecule has 41 heavy (non-hydrogen) atoms. The van der Waals surface area contributed by atoms with Gasteiger partial charge in [-0.3, -0.25) is 9.69 Å². The zero-order valence-electron chi connectivity index (χ0n) is 23.1. The number of aromatic nitrogens is 2. The largest absolute Gasteiger partial charge is 0.420 e. The molecule has 1 N–H and O–H groups in total. The fourth-order valence-electron chi connectivity index (χ4n) is 5.86. The van der Waals surface area contributed by atoms with Crippen LogP contribution in [0.4, 0.5) is 24.8 Å². The molecule has 1 amide bonds. The van der Waals surface area contributed by atoms with Crippen LogP contribution < -0.4 is 5.32 Å². The van der Waals surface area contributed by atoms with Crippen molar-refractivity contribution in [1.82, 2.24) is 19.8 Å². The van der Waals surface area contributed by atoms with Gasteiger partial charge in [0.05, 0.1) is 10.6 Å². The SMILES string of the molecule is CC(C)N1CCc2cc(Nc3ncc(C(F)(F)F)c(-c4cc5c(s4)C(=O)N(C4CC4)CCS5)n3)c(C3CC3)cc2C1. The summed E-state index contributed by atoms with van der Waals surface area (Å²) in [7, 11) is 0. The summed E-state index contributed by atoms with van der Waals surface area (Å²) in [5.74, 6) is 1.22. The molecule has 0 atom stereocenters. The maximum absolute atomic E-state index is 14.2. The average molecular weight is 600 g/mol. The smallest absolute Gasteiger partial charge is 0.334 e. The Bertz CT molecular complexity index is 1510. The summed E-state index contributed by atoms with van der Waals surface area (Å²) >= 11 is 2.64. The number of carbonyl (C=O) groups excluding carboxylic acids is 1. The van der Waals surface area contributed by atoms with Gasteiger partial charge in [0.1, 0.15) is 10.4 Å². The lowest BCUT2D eigenvalue weighted by Crippen LogP contribution is -2.36. The Morgan fingerprint density at radius 1 is 1.07 bits per heavy atom. The van der Waals surface area contributed by atoms with Gasteiger partial charge in [0.15, 0.2) is 0 Å². The number of anilines is 2. The third kappa shape index (κ3) is 5.36. The van der Waals surface area contributed by atoms with Crippen molar-refractivity contribution < 1.29 is 18.0 Å². The highest BCUT2D eigenvalue weighted by Gasteiger charge is 2.39. The summed E-state index contributed by atoms with van der Waals surface area (Å²) in [6.07, 6.45) is 1.36. The standard InChI is InChI=1S/C30H32F3N5OS2/c1-16(2)37-8-7-18-12-23(21(17-3-4-17)11-19(18)15-37)35-29-34-14-22(30(31,32)33)26(36-29)24-13-25-27(41-24)28(39)38(9-10-40-25)20-5-6-20/h11-14,16-17,20H,3-10,15H2,1-2H3,(H,34,35,36). The number of benzene rings is 1. The summed E-state index contributed by atoms with van der Waals surface area (Å²) in [6, 6.07) is 6.86. The quantitative estimate of drug-likeness (QED) is 0.320. The van der Waals surface area contributed by atoms with Crippen molar-refractivity contribution in [2.45, 2.75) is 81.6 Å². The van der Waals surface area contributed by atoms with E-state index >= 15 is 0 Å². The number of halogens is 3. The van der Waals surface area contributed by atoms with E-state index in [9.17, 15) is 18.0 Å². The summed E-state index contributed by atoms with van der Waals surface area (Å²) < 4.78 is 42.5. The molecule has 6 nitrogen and oxygen atoms in total. The number of nitrogens with zero attached hydrogens (tertiary/aromatic N) is 4. The number of thioether (sulfide) groups is 1. The van der Waals surface area contributed by atoms with Crippen molar-refractivity contribution in [2.24, 2.45) is 0 Å². The van der Waals surface area contributed by atoms with Gasteiger partial charge in [-0.05, 0) is 80.7 Å². The summed E-state index contributed by atoms with van der Waals surface area (Å²) in [4.78, 5) is 27.8. The van der Waals surface area contributed by atoms with E-state index in [1.165, 1.54) is 28.5 Å². The van der Waals surface area contributed by atoms with Gasteiger partial charge in [0.25, 0.3) is 5.91 Å². The molecule has 0 unspecified atom stereocenters. The first-order valence-corrected chi connectivity index (χ1v) is 16.1. The minimum atomic E-state index is -4.63. The fourth-order valence-corrected chi connectivity index (χ4v) is 8.17. The number of hydrogen-bond donors (Lipinski definition) is 1. The Morgan fingerprint density at radius 3 is 2.59 bits per heavy atom. The predicted molar refractivity (Wildman–Crippen MR) is 156 cm³/mol. The van der Waals surface area contributed by atoms with E-state index < -0.39 is 11.7 Å². The van der Waals surface area contributed by atoms with Crippen LogP contribution in [0.25, 0.3) is 10.6 Å². The van der Waals surface area contributed by atoms with Crippen LogP contribution in [0, 0.1) is 0 Å². The van der Waals surface area contributed by atoms with Crippen molar-refractivity contribution in [3.05, 3.63) is 51.5 Å². The van der Waals surface area contributed by atoms with E-state index in [4.69, 9.17) is 0 Å². The highest BCUT2D eigenvalue weighted by atomic mass is 32.2. The van der Waals surface area contributed by atoms with Crippen LogP contribution in [0.1, 0.15) is 77.4 Å². The Morgan fingerprint density at radius 2 is 1.88 bits per heavy atom. The maximum Gasteiger partial charge on any atom is 0.420 e. The molecule has 4 aliphatic rings. The van der Waals surface area contributed by atoms with Crippen molar-refractivity contribution in [1.29, 1.82) is 0 Å². The van der Waals surface area contributed by atoms with Crippen LogP contribution >= 0.6 is 23.1 Å². The summed E-state index contributed by atoms with van der Waals surface area (Å²) in [5.41, 5.74) is 3.58. The van der Waals surface area contributed by atoms with Gasteiger partial charge < -0.3 is 10.2 Å². The number of nitrogens with one attached hydrogen (secondary N) is 1. The van der Waals surface area contributed by atoms with Gasteiger partial charge in [0, 0.05) is 54.3 Å². The zero-order chi connectivity index (χ0) is 28.5. The van der Waals surface area contributed by atoms with Crippen LogP contribution in [0.2, 0.25) is 0 Å². The summed E-state index contributed by atoms with van der Waals surface area (Å²) in [6.45, 7) is 6.98. The molecule has 2 fully saturated rings. The maximum atomic E-state index is 14.2. The Labute approximate surface area is 245 Å². The predicted octanol–water partition coefficient (Wildman–Crippen LogP) is 7.32. The number of rotatable bonds is 6. The molecule has 2 saturated carbocycles. The molecule has 2 aliphatic carbocycles. The molecule has 7 rings (SSSR count). The second-order valence-electron chi connectivity index (χ2n) is 11.8.